The summed E-state index contributed by atoms with van der Waals surface area (Å²) in [6, 6.07) is 16.8. The van der Waals surface area contributed by atoms with Crippen molar-refractivity contribution in [2.24, 2.45) is 0 Å². The third-order valence-electron chi connectivity index (χ3n) is 3.60. The monoisotopic (exact) mass is 343 g/mol. The van der Waals surface area contributed by atoms with Gasteiger partial charge in [-0.2, -0.15) is 0 Å². The SMILES string of the molecule is CC[O+]=c1ssc(-c2ccc(OC)cc2)c1-c1ccc(C)cc1. The zero-order chi connectivity index (χ0) is 16.2. The summed E-state index contributed by atoms with van der Waals surface area (Å²) in [4.78, 5) is 1.24. The highest BCUT2D eigenvalue weighted by Crippen LogP contribution is 2.36. The van der Waals surface area contributed by atoms with Crippen LogP contribution in [-0.4, -0.2) is 13.7 Å². The zero-order valence-electron chi connectivity index (χ0n) is 13.5. The molecule has 0 radical (unpaired) electrons. The Morgan fingerprint density at radius 2 is 1.57 bits per heavy atom. The van der Waals surface area contributed by atoms with Crippen molar-refractivity contribution in [3.05, 3.63) is 63.3 Å². The van der Waals surface area contributed by atoms with Crippen LogP contribution in [0, 0.1) is 6.92 Å². The van der Waals surface area contributed by atoms with Gasteiger partial charge in [0, 0.05) is 17.3 Å². The summed E-state index contributed by atoms with van der Waals surface area (Å²) in [7, 11) is 5.14. The molecule has 0 bridgehead atoms. The van der Waals surface area contributed by atoms with Gasteiger partial charge >= 0.3 is 4.74 Å². The van der Waals surface area contributed by atoms with Crippen LogP contribution in [0.15, 0.2) is 53.0 Å². The first-order valence-electron chi connectivity index (χ1n) is 7.53. The number of methoxy groups -OCH3 is 1. The second-order valence-electron chi connectivity index (χ2n) is 5.19. The zero-order valence-corrected chi connectivity index (χ0v) is 15.1. The molecule has 0 aliphatic carbocycles. The smallest absolute Gasteiger partial charge is 0.419 e. The van der Waals surface area contributed by atoms with Crippen molar-refractivity contribution in [1.29, 1.82) is 0 Å². The molecule has 0 amide bonds. The summed E-state index contributed by atoms with van der Waals surface area (Å²) >= 11 is 0. The number of hydrogen-bond donors (Lipinski definition) is 0. The maximum atomic E-state index is 5.87. The quantitative estimate of drug-likeness (QED) is 0.460. The Morgan fingerprint density at radius 1 is 0.913 bits per heavy atom. The standard InChI is InChI=1S/C19H19O2S2/c1-4-21-19-17(14-7-5-13(2)6-8-14)18(22-23-19)15-9-11-16(20-3)12-10-15/h5-12H,4H2,1-3H3/q+1. The number of benzene rings is 2. The molecule has 118 valence electrons. The van der Waals surface area contributed by atoms with Crippen molar-refractivity contribution in [3.8, 4) is 27.3 Å². The summed E-state index contributed by atoms with van der Waals surface area (Å²) in [5.74, 6) is 0.871. The normalized spacial score (nSPS) is 11.7. The first kappa shape index (κ1) is 16.0. The predicted octanol–water partition coefficient (Wildman–Crippen LogP) is 5.38. The molecule has 0 N–H and O–H groups in total. The lowest BCUT2D eigenvalue weighted by molar-refractivity contribution is 0.415. The van der Waals surface area contributed by atoms with E-state index in [2.05, 4.69) is 43.3 Å². The lowest BCUT2D eigenvalue weighted by atomic mass is 10.0. The van der Waals surface area contributed by atoms with Crippen molar-refractivity contribution in [3.63, 3.8) is 0 Å². The lowest BCUT2D eigenvalue weighted by Gasteiger charge is -2.04. The van der Waals surface area contributed by atoms with E-state index in [0.717, 1.165) is 10.5 Å². The van der Waals surface area contributed by atoms with Gasteiger partial charge in [-0.25, -0.2) is 4.42 Å². The van der Waals surface area contributed by atoms with Crippen molar-refractivity contribution in [2.75, 3.05) is 13.7 Å². The highest BCUT2D eigenvalue weighted by molar-refractivity contribution is 7.70. The van der Waals surface area contributed by atoms with Crippen LogP contribution in [0.5, 0.6) is 5.75 Å². The Hall–Kier alpha value is -1.91. The number of rotatable bonds is 4. The maximum Gasteiger partial charge on any atom is 0.419 e. The molecular weight excluding hydrogens is 324 g/mol. The summed E-state index contributed by atoms with van der Waals surface area (Å²) in [5.41, 5.74) is 4.83. The molecule has 0 atom stereocenters. The van der Waals surface area contributed by atoms with Crippen LogP contribution >= 0.6 is 20.7 Å². The van der Waals surface area contributed by atoms with Gasteiger partial charge in [0.2, 0.25) is 0 Å². The molecule has 0 saturated carbocycles. The molecule has 0 unspecified atom stereocenters. The summed E-state index contributed by atoms with van der Waals surface area (Å²) in [6.45, 7) is 4.80. The summed E-state index contributed by atoms with van der Waals surface area (Å²) < 4.78 is 12.1. The van der Waals surface area contributed by atoms with Gasteiger partial charge in [-0.15, -0.1) is 0 Å². The molecule has 23 heavy (non-hydrogen) atoms. The van der Waals surface area contributed by atoms with Gasteiger partial charge in [0.1, 0.15) is 11.3 Å². The Kier molecular flexibility index (Phi) is 4.94. The van der Waals surface area contributed by atoms with E-state index in [0.29, 0.717) is 6.61 Å². The van der Waals surface area contributed by atoms with E-state index in [9.17, 15) is 0 Å². The lowest BCUT2D eigenvalue weighted by Crippen LogP contribution is -2.00. The Balaban J connectivity index is 2.17. The topological polar surface area (TPSA) is 20.5 Å². The van der Waals surface area contributed by atoms with Crippen LogP contribution in [0.1, 0.15) is 12.5 Å². The first-order valence-corrected chi connectivity index (χ1v) is 9.68. The van der Waals surface area contributed by atoms with Crippen molar-refractivity contribution in [1.82, 2.24) is 0 Å². The second kappa shape index (κ2) is 7.11. The number of aryl methyl sites for hydroxylation is 1. The third kappa shape index (κ3) is 3.38. The summed E-state index contributed by atoms with van der Waals surface area (Å²) in [6.07, 6.45) is 0. The van der Waals surface area contributed by atoms with E-state index in [4.69, 9.17) is 9.16 Å². The predicted molar refractivity (Wildman–Crippen MR) is 101 cm³/mol. The Bertz CT molecular complexity index is 840. The minimum atomic E-state index is 0.675. The maximum absolute atomic E-state index is 5.87. The molecular formula is C19H19O2S2+. The molecule has 2 aromatic carbocycles. The summed E-state index contributed by atoms with van der Waals surface area (Å²) in [5, 5.41) is 0. The highest BCUT2D eigenvalue weighted by Gasteiger charge is 2.20. The van der Waals surface area contributed by atoms with E-state index in [1.165, 1.54) is 27.1 Å². The largest absolute Gasteiger partial charge is 0.497 e. The molecule has 2 nitrogen and oxygen atoms in total. The van der Waals surface area contributed by atoms with Crippen LogP contribution in [0.3, 0.4) is 0 Å². The average molecular weight is 343 g/mol. The fourth-order valence-electron chi connectivity index (χ4n) is 2.39. The number of hydrogen-bond acceptors (Lipinski definition) is 3. The molecule has 0 aliphatic rings. The van der Waals surface area contributed by atoms with Gasteiger partial charge < -0.3 is 4.74 Å². The van der Waals surface area contributed by atoms with E-state index in [1.807, 2.05) is 19.1 Å². The minimum Gasteiger partial charge on any atom is -0.497 e. The number of ether oxygens (including phenoxy) is 1. The van der Waals surface area contributed by atoms with Crippen LogP contribution in [-0.2, 0) is 0 Å². The van der Waals surface area contributed by atoms with Crippen LogP contribution < -0.4 is 9.48 Å². The molecule has 0 saturated heterocycles. The molecule has 1 heterocycles. The highest BCUT2D eigenvalue weighted by atomic mass is 32.9. The van der Waals surface area contributed by atoms with Crippen molar-refractivity contribution < 1.29 is 4.74 Å². The molecule has 3 aromatic rings. The molecule has 0 aliphatic heterocycles. The van der Waals surface area contributed by atoms with E-state index in [1.54, 1.807) is 27.8 Å². The van der Waals surface area contributed by atoms with E-state index < -0.39 is 0 Å². The molecule has 0 spiro atoms. The Labute approximate surface area is 143 Å². The first-order chi connectivity index (χ1) is 11.2. The van der Waals surface area contributed by atoms with E-state index >= 15 is 0 Å². The van der Waals surface area contributed by atoms with Crippen LogP contribution in [0.2, 0.25) is 0 Å². The van der Waals surface area contributed by atoms with Gasteiger partial charge in [-0.3, -0.25) is 0 Å². The van der Waals surface area contributed by atoms with E-state index in [-0.39, 0.29) is 0 Å². The molecule has 0 fully saturated rings. The average Bonchev–Trinajstić information content (AvgIpc) is 3.00. The second-order valence-corrected chi connectivity index (χ2v) is 7.30. The van der Waals surface area contributed by atoms with Crippen molar-refractivity contribution in [2.45, 2.75) is 13.8 Å². The Morgan fingerprint density at radius 3 is 2.17 bits per heavy atom. The fraction of sp³-hybridized carbons (Fsp3) is 0.211. The molecule has 4 heteroatoms. The van der Waals surface area contributed by atoms with Gasteiger partial charge in [-0.05, 0) is 42.3 Å². The minimum absolute atomic E-state index is 0.675. The van der Waals surface area contributed by atoms with Gasteiger partial charge in [0.05, 0.1) is 12.0 Å². The molecule has 3 rings (SSSR count). The van der Waals surface area contributed by atoms with Crippen molar-refractivity contribution >= 4 is 20.7 Å². The van der Waals surface area contributed by atoms with Crippen LogP contribution in [0.4, 0.5) is 0 Å². The third-order valence-corrected chi connectivity index (χ3v) is 5.97. The van der Waals surface area contributed by atoms with Crippen LogP contribution in [0.25, 0.3) is 21.6 Å². The fourth-order valence-corrected chi connectivity index (χ4v) is 5.02. The van der Waals surface area contributed by atoms with Gasteiger partial charge in [0.25, 0.3) is 6.61 Å². The molecule has 1 aromatic heterocycles. The van der Waals surface area contributed by atoms with Gasteiger partial charge in [0.15, 0.2) is 0 Å². The van der Waals surface area contributed by atoms with Gasteiger partial charge in [-0.1, -0.05) is 40.2 Å².